The van der Waals surface area contributed by atoms with Gasteiger partial charge in [-0.15, -0.1) is 0 Å². The van der Waals surface area contributed by atoms with Crippen LogP contribution < -0.4 is 5.32 Å². The summed E-state index contributed by atoms with van der Waals surface area (Å²) in [5.41, 5.74) is 2.88. The number of nitrogens with one attached hydrogen (secondary N) is 1. The summed E-state index contributed by atoms with van der Waals surface area (Å²) in [5, 5.41) is 7.22. The second kappa shape index (κ2) is 6.73. The van der Waals surface area contributed by atoms with Gasteiger partial charge in [0, 0.05) is 38.0 Å². The monoisotopic (exact) mass is 298 g/mol. The average molecular weight is 298 g/mol. The van der Waals surface area contributed by atoms with E-state index in [1.807, 2.05) is 25.4 Å². The molecule has 2 heterocycles. The highest BCUT2D eigenvalue weighted by molar-refractivity contribution is 5.76. The molecule has 2 aromatic heterocycles. The predicted molar refractivity (Wildman–Crippen MR) is 84.9 cm³/mol. The maximum absolute atomic E-state index is 12.1. The summed E-state index contributed by atoms with van der Waals surface area (Å²) in [4.78, 5) is 16.5. The van der Waals surface area contributed by atoms with Gasteiger partial charge in [0.1, 0.15) is 0 Å². The van der Waals surface area contributed by atoms with Gasteiger partial charge in [-0.2, -0.15) is 5.10 Å². The molecule has 1 amide bonds. The highest BCUT2D eigenvalue weighted by atomic mass is 16.1. The van der Waals surface area contributed by atoms with Crippen molar-refractivity contribution in [1.82, 2.24) is 20.1 Å². The lowest BCUT2D eigenvalue weighted by molar-refractivity contribution is -0.122. The van der Waals surface area contributed by atoms with E-state index in [-0.39, 0.29) is 5.91 Å². The Morgan fingerprint density at radius 3 is 2.95 bits per heavy atom. The molecule has 0 spiro atoms. The van der Waals surface area contributed by atoms with Gasteiger partial charge in [-0.3, -0.25) is 14.5 Å². The Labute approximate surface area is 130 Å². The molecule has 5 nitrogen and oxygen atoms in total. The number of carbonyl (C=O) groups is 1. The fourth-order valence-electron chi connectivity index (χ4n) is 3.13. The zero-order chi connectivity index (χ0) is 15.4. The summed E-state index contributed by atoms with van der Waals surface area (Å²) in [6.07, 6.45) is 11.1. The van der Waals surface area contributed by atoms with Crippen molar-refractivity contribution >= 4 is 5.91 Å². The SMILES string of the molecule is Cn1cc(-c2ncccc2CNC(=O)CC2CCCC2)cn1. The minimum atomic E-state index is 0.146. The van der Waals surface area contributed by atoms with Crippen molar-refractivity contribution in [2.24, 2.45) is 13.0 Å². The van der Waals surface area contributed by atoms with Gasteiger partial charge in [-0.25, -0.2) is 0 Å². The largest absolute Gasteiger partial charge is 0.352 e. The standard InChI is InChI=1S/C17H22N4O/c1-21-12-15(11-20-21)17-14(7-4-8-18-17)10-19-16(22)9-13-5-2-3-6-13/h4,7-8,11-13H,2-3,5-6,9-10H2,1H3,(H,19,22). The molecule has 1 fully saturated rings. The van der Waals surface area contributed by atoms with E-state index in [2.05, 4.69) is 15.4 Å². The first-order valence-electron chi connectivity index (χ1n) is 7.92. The van der Waals surface area contributed by atoms with E-state index in [1.165, 1.54) is 25.7 Å². The van der Waals surface area contributed by atoms with Crippen LogP contribution >= 0.6 is 0 Å². The van der Waals surface area contributed by atoms with Gasteiger partial charge in [0.25, 0.3) is 0 Å². The third-order valence-electron chi connectivity index (χ3n) is 4.29. The molecule has 5 heteroatoms. The number of aryl methyl sites for hydroxylation is 1. The highest BCUT2D eigenvalue weighted by Gasteiger charge is 2.18. The average Bonchev–Trinajstić information content (AvgIpc) is 3.17. The Bertz CT molecular complexity index is 644. The van der Waals surface area contributed by atoms with Crippen molar-refractivity contribution < 1.29 is 4.79 Å². The first kappa shape index (κ1) is 14.8. The summed E-state index contributed by atoms with van der Waals surface area (Å²) < 4.78 is 1.76. The molecule has 2 aromatic rings. The molecular weight excluding hydrogens is 276 g/mol. The van der Waals surface area contributed by atoms with Crippen LogP contribution in [0.4, 0.5) is 0 Å². The van der Waals surface area contributed by atoms with Crippen LogP contribution in [0.2, 0.25) is 0 Å². The number of nitrogens with zero attached hydrogens (tertiary/aromatic N) is 3. The summed E-state index contributed by atoms with van der Waals surface area (Å²) in [5.74, 6) is 0.722. The van der Waals surface area contributed by atoms with Crippen LogP contribution in [-0.2, 0) is 18.4 Å². The second-order valence-corrected chi connectivity index (χ2v) is 6.05. The van der Waals surface area contributed by atoms with Crippen LogP contribution in [0.5, 0.6) is 0 Å². The van der Waals surface area contributed by atoms with Crippen LogP contribution in [0.15, 0.2) is 30.7 Å². The van der Waals surface area contributed by atoms with E-state index in [9.17, 15) is 4.79 Å². The van der Waals surface area contributed by atoms with Gasteiger partial charge in [0.2, 0.25) is 5.91 Å². The molecule has 0 unspecified atom stereocenters. The number of rotatable bonds is 5. The van der Waals surface area contributed by atoms with E-state index in [1.54, 1.807) is 17.1 Å². The lowest BCUT2D eigenvalue weighted by Crippen LogP contribution is -2.24. The van der Waals surface area contributed by atoms with Crippen molar-refractivity contribution in [3.8, 4) is 11.3 Å². The van der Waals surface area contributed by atoms with Crippen molar-refractivity contribution in [2.75, 3.05) is 0 Å². The molecule has 0 bridgehead atoms. The van der Waals surface area contributed by atoms with Gasteiger partial charge in [0.05, 0.1) is 11.9 Å². The summed E-state index contributed by atoms with van der Waals surface area (Å²) >= 11 is 0. The number of amides is 1. The van der Waals surface area contributed by atoms with Crippen molar-refractivity contribution in [1.29, 1.82) is 0 Å². The van der Waals surface area contributed by atoms with Gasteiger partial charge < -0.3 is 5.32 Å². The normalized spacial score (nSPS) is 15.1. The first-order chi connectivity index (χ1) is 10.7. The Balaban J connectivity index is 1.64. The maximum Gasteiger partial charge on any atom is 0.220 e. The molecule has 1 aliphatic rings. The van der Waals surface area contributed by atoms with Crippen molar-refractivity contribution in [3.63, 3.8) is 0 Å². The van der Waals surface area contributed by atoms with E-state index < -0.39 is 0 Å². The molecule has 0 saturated heterocycles. The van der Waals surface area contributed by atoms with Crippen LogP contribution in [0, 0.1) is 5.92 Å². The number of carbonyl (C=O) groups excluding carboxylic acids is 1. The molecule has 1 N–H and O–H groups in total. The smallest absolute Gasteiger partial charge is 0.220 e. The van der Waals surface area contributed by atoms with Crippen LogP contribution in [0.3, 0.4) is 0 Å². The third-order valence-corrected chi connectivity index (χ3v) is 4.29. The van der Waals surface area contributed by atoms with Crippen LogP contribution in [0.25, 0.3) is 11.3 Å². The molecule has 116 valence electrons. The number of aromatic nitrogens is 3. The summed E-state index contributed by atoms with van der Waals surface area (Å²) in [6.45, 7) is 0.517. The zero-order valence-corrected chi connectivity index (χ0v) is 13.0. The van der Waals surface area contributed by atoms with Gasteiger partial charge in [0.15, 0.2) is 0 Å². The lowest BCUT2D eigenvalue weighted by atomic mass is 10.0. The summed E-state index contributed by atoms with van der Waals surface area (Å²) in [6, 6.07) is 3.91. The number of pyridine rings is 1. The topological polar surface area (TPSA) is 59.8 Å². The van der Waals surface area contributed by atoms with Crippen molar-refractivity contribution in [2.45, 2.75) is 38.6 Å². The molecule has 22 heavy (non-hydrogen) atoms. The third kappa shape index (κ3) is 3.53. The minimum absolute atomic E-state index is 0.146. The molecule has 0 atom stereocenters. The molecule has 0 aliphatic heterocycles. The van der Waals surface area contributed by atoms with Gasteiger partial charge >= 0.3 is 0 Å². The lowest BCUT2D eigenvalue weighted by Gasteiger charge is -2.11. The first-order valence-corrected chi connectivity index (χ1v) is 7.92. The maximum atomic E-state index is 12.1. The minimum Gasteiger partial charge on any atom is -0.352 e. The van der Waals surface area contributed by atoms with E-state index in [4.69, 9.17) is 0 Å². The van der Waals surface area contributed by atoms with Crippen molar-refractivity contribution in [3.05, 3.63) is 36.3 Å². The van der Waals surface area contributed by atoms with Crippen LogP contribution in [-0.4, -0.2) is 20.7 Å². The molecule has 1 aliphatic carbocycles. The molecule has 0 aromatic carbocycles. The Morgan fingerprint density at radius 1 is 1.41 bits per heavy atom. The van der Waals surface area contributed by atoms with Crippen LogP contribution in [0.1, 0.15) is 37.7 Å². The second-order valence-electron chi connectivity index (χ2n) is 6.05. The molecule has 0 radical (unpaired) electrons. The Hall–Kier alpha value is -2.17. The molecular formula is C17H22N4O. The van der Waals surface area contributed by atoms with Gasteiger partial charge in [-0.05, 0) is 30.4 Å². The van der Waals surface area contributed by atoms with Gasteiger partial charge in [-0.1, -0.05) is 18.9 Å². The highest BCUT2D eigenvalue weighted by Crippen LogP contribution is 2.27. The molecule has 1 saturated carbocycles. The molecule has 3 rings (SSSR count). The summed E-state index contributed by atoms with van der Waals surface area (Å²) in [7, 11) is 1.88. The van der Waals surface area contributed by atoms with E-state index >= 15 is 0 Å². The fraction of sp³-hybridized carbons (Fsp3) is 0.471. The Morgan fingerprint density at radius 2 is 2.23 bits per heavy atom. The number of hydrogen-bond acceptors (Lipinski definition) is 3. The quantitative estimate of drug-likeness (QED) is 0.923. The Kier molecular flexibility index (Phi) is 4.51. The fourth-order valence-corrected chi connectivity index (χ4v) is 3.13. The zero-order valence-electron chi connectivity index (χ0n) is 13.0. The van der Waals surface area contributed by atoms with E-state index in [0.717, 1.165) is 16.8 Å². The predicted octanol–water partition coefficient (Wildman–Crippen LogP) is 2.68. The number of hydrogen-bond donors (Lipinski definition) is 1. The van der Waals surface area contributed by atoms with E-state index in [0.29, 0.717) is 18.9 Å².